The molecular weight excluding hydrogens is 459 g/mol. The van der Waals surface area contributed by atoms with Crippen molar-refractivity contribution in [1.29, 1.82) is 0 Å². The van der Waals surface area contributed by atoms with Gasteiger partial charge in [0, 0.05) is 35.0 Å². The maximum atomic E-state index is 14.6. The Kier molecular flexibility index (Phi) is 6.56. The SMILES string of the molecule is CCOc1ncc(-c2cccc(C(=O)O)c2)cc1CC1(C(=O)c2ccc(Cl)cc2F)C=CC=N1. The number of allylic oxidation sites excluding steroid dienone is 1. The van der Waals surface area contributed by atoms with E-state index in [1.165, 1.54) is 24.4 Å². The van der Waals surface area contributed by atoms with Crippen LogP contribution >= 0.6 is 11.6 Å². The van der Waals surface area contributed by atoms with E-state index in [1.54, 1.807) is 42.6 Å². The second-order valence-corrected chi connectivity index (χ2v) is 8.14. The first-order valence-electron chi connectivity index (χ1n) is 10.5. The monoisotopic (exact) mass is 478 g/mol. The van der Waals surface area contributed by atoms with Crippen LogP contribution in [0.15, 0.2) is 71.9 Å². The zero-order valence-corrected chi connectivity index (χ0v) is 18.9. The molecule has 0 saturated carbocycles. The predicted octanol–water partition coefficient (Wildman–Crippen LogP) is 5.44. The summed E-state index contributed by atoms with van der Waals surface area (Å²) in [5.41, 5.74) is 0.500. The molecule has 1 unspecified atom stereocenters. The minimum absolute atomic E-state index is 0.0652. The molecule has 0 saturated heterocycles. The third-order valence-electron chi connectivity index (χ3n) is 5.44. The number of carbonyl (C=O) groups is 2. The van der Waals surface area contributed by atoms with Crippen molar-refractivity contribution in [3.8, 4) is 17.0 Å². The summed E-state index contributed by atoms with van der Waals surface area (Å²) in [6.45, 7) is 2.16. The van der Waals surface area contributed by atoms with Crippen LogP contribution in [0.1, 0.15) is 33.2 Å². The third-order valence-corrected chi connectivity index (χ3v) is 5.68. The lowest BCUT2D eigenvalue weighted by molar-refractivity contribution is 0.0696. The lowest BCUT2D eigenvalue weighted by Crippen LogP contribution is -2.36. The number of rotatable bonds is 8. The maximum absolute atomic E-state index is 14.6. The number of ether oxygens (including phenoxy) is 1. The molecule has 1 N–H and O–H groups in total. The molecule has 8 heteroatoms. The number of aromatic carboxylic acids is 1. The molecule has 6 nitrogen and oxygen atoms in total. The molecule has 2 aromatic carbocycles. The molecule has 4 rings (SSSR count). The molecular formula is C26H20ClFN2O4. The van der Waals surface area contributed by atoms with E-state index in [2.05, 4.69) is 9.98 Å². The number of pyridine rings is 1. The Balaban J connectivity index is 1.77. The van der Waals surface area contributed by atoms with Gasteiger partial charge >= 0.3 is 5.97 Å². The number of ketones is 1. The second kappa shape index (κ2) is 9.57. The molecule has 0 aliphatic carbocycles. The lowest BCUT2D eigenvalue weighted by atomic mass is 9.84. The molecule has 1 aliphatic heterocycles. The van der Waals surface area contributed by atoms with Crippen molar-refractivity contribution >= 4 is 29.6 Å². The van der Waals surface area contributed by atoms with E-state index in [0.717, 1.165) is 6.07 Å². The predicted molar refractivity (Wildman–Crippen MR) is 128 cm³/mol. The average molecular weight is 479 g/mol. The third kappa shape index (κ3) is 4.61. The molecule has 1 aromatic heterocycles. The van der Waals surface area contributed by atoms with E-state index in [-0.39, 0.29) is 22.6 Å². The van der Waals surface area contributed by atoms with Crippen LogP contribution in [0.2, 0.25) is 5.02 Å². The van der Waals surface area contributed by atoms with Gasteiger partial charge in [0.25, 0.3) is 0 Å². The number of carboxylic acids is 1. The second-order valence-electron chi connectivity index (χ2n) is 7.70. The highest BCUT2D eigenvalue weighted by atomic mass is 35.5. The Labute approximate surface area is 200 Å². The Morgan fingerprint density at radius 1 is 1.15 bits per heavy atom. The number of hydrogen-bond acceptors (Lipinski definition) is 5. The van der Waals surface area contributed by atoms with E-state index in [0.29, 0.717) is 29.2 Å². The number of aliphatic imine (C=N–C) groups is 1. The summed E-state index contributed by atoms with van der Waals surface area (Å²) < 4.78 is 20.3. The largest absolute Gasteiger partial charge is 0.478 e. The Hall–Kier alpha value is -3.84. The highest BCUT2D eigenvalue weighted by molar-refractivity contribution is 6.30. The first kappa shape index (κ1) is 23.3. The van der Waals surface area contributed by atoms with Gasteiger partial charge in [-0.25, -0.2) is 14.2 Å². The molecule has 1 atom stereocenters. The van der Waals surface area contributed by atoms with Gasteiger partial charge in [-0.2, -0.15) is 0 Å². The minimum atomic E-state index is -1.39. The normalized spacial score (nSPS) is 16.6. The van der Waals surface area contributed by atoms with Gasteiger partial charge in [0.1, 0.15) is 11.4 Å². The number of carboxylic acid groups (broad SMARTS) is 1. The lowest BCUT2D eigenvalue weighted by Gasteiger charge is -2.24. The molecule has 1 aliphatic rings. The fourth-order valence-electron chi connectivity index (χ4n) is 3.82. The molecule has 3 aromatic rings. The highest BCUT2D eigenvalue weighted by Gasteiger charge is 2.39. The van der Waals surface area contributed by atoms with Crippen LogP contribution in [-0.2, 0) is 6.42 Å². The van der Waals surface area contributed by atoms with Crippen LogP contribution in [0.25, 0.3) is 11.1 Å². The van der Waals surface area contributed by atoms with Gasteiger partial charge in [-0.1, -0.05) is 23.7 Å². The number of hydrogen-bond donors (Lipinski definition) is 1. The van der Waals surface area contributed by atoms with Gasteiger partial charge < -0.3 is 9.84 Å². The number of benzene rings is 2. The van der Waals surface area contributed by atoms with E-state index >= 15 is 0 Å². The summed E-state index contributed by atoms with van der Waals surface area (Å²) in [4.78, 5) is 33.7. The van der Waals surface area contributed by atoms with Crippen LogP contribution in [0.4, 0.5) is 4.39 Å². The summed E-state index contributed by atoms with van der Waals surface area (Å²) in [5, 5.41) is 9.51. The van der Waals surface area contributed by atoms with Gasteiger partial charge in [-0.3, -0.25) is 9.79 Å². The van der Waals surface area contributed by atoms with Gasteiger partial charge in [0.05, 0.1) is 17.7 Å². The van der Waals surface area contributed by atoms with Crippen molar-refractivity contribution in [2.24, 2.45) is 4.99 Å². The molecule has 34 heavy (non-hydrogen) atoms. The molecule has 0 radical (unpaired) electrons. The smallest absolute Gasteiger partial charge is 0.335 e. The quantitative estimate of drug-likeness (QED) is 0.435. The van der Waals surface area contributed by atoms with Crippen molar-refractivity contribution in [1.82, 2.24) is 4.98 Å². The van der Waals surface area contributed by atoms with Crippen LogP contribution in [0.3, 0.4) is 0 Å². The van der Waals surface area contributed by atoms with Crippen molar-refractivity contribution in [2.75, 3.05) is 6.61 Å². The molecule has 0 fully saturated rings. The highest BCUT2D eigenvalue weighted by Crippen LogP contribution is 2.34. The molecule has 0 spiro atoms. The zero-order valence-electron chi connectivity index (χ0n) is 18.2. The Morgan fingerprint density at radius 3 is 2.65 bits per heavy atom. The molecule has 0 bridgehead atoms. The molecule has 2 heterocycles. The van der Waals surface area contributed by atoms with Gasteiger partial charge in [-0.15, -0.1) is 0 Å². The van der Waals surface area contributed by atoms with E-state index in [1.807, 2.05) is 6.92 Å². The van der Waals surface area contributed by atoms with Gasteiger partial charge in [0.15, 0.2) is 5.78 Å². The first-order valence-corrected chi connectivity index (χ1v) is 10.9. The van der Waals surface area contributed by atoms with Crippen LogP contribution < -0.4 is 4.74 Å². The fourth-order valence-corrected chi connectivity index (χ4v) is 3.98. The summed E-state index contributed by atoms with van der Waals surface area (Å²) in [6.07, 6.45) is 6.41. The van der Waals surface area contributed by atoms with Crippen molar-refractivity contribution in [3.05, 3.63) is 94.4 Å². The summed E-state index contributed by atoms with van der Waals surface area (Å²) in [5.74, 6) is -1.97. The first-order chi connectivity index (χ1) is 16.3. The minimum Gasteiger partial charge on any atom is -0.478 e. The maximum Gasteiger partial charge on any atom is 0.335 e. The number of nitrogens with zero attached hydrogens (tertiary/aromatic N) is 2. The Morgan fingerprint density at radius 2 is 1.97 bits per heavy atom. The fraction of sp³-hybridized carbons (Fsp3) is 0.154. The van der Waals surface area contributed by atoms with Crippen molar-refractivity contribution < 1.29 is 23.8 Å². The van der Waals surface area contributed by atoms with Gasteiger partial charge in [-0.05, 0) is 61.0 Å². The Bertz CT molecular complexity index is 1320. The van der Waals surface area contributed by atoms with Crippen molar-refractivity contribution in [3.63, 3.8) is 0 Å². The van der Waals surface area contributed by atoms with E-state index < -0.39 is 23.1 Å². The molecule has 0 amide bonds. The topological polar surface area (TPSA) is 88.9 Å². The average Bonchev–Trinajstić information content (AvgIpc) is 3.30. The molecule has 172 valence electrons. The van der Waals surface area contributed by atoms with E-state index in [9.17, 15) is 19.1 Å². The van der Waals surface area contributed by atoms with Crippen LogP contribution in [-0.4, -0.2) is 40.2 Å². The number of aromatic nitrogens is 1. The van der Waals surface area contributed by atoms with Crippen molar-refractivity contribution in [2.45, 2.75) is 18.9 Å². The van der Waals surface area contributed by atoms with Gasteiger partial charge in [0.2, 0.25) is 5.88 Å². The number of halogens is 2. The summed E-state index contributed by atoms with van der Waals surface area (Å²) in [7, 11) is 0. The van der Waals surface area contributed by atoms with Crippen LogP contribution in [0, 0.1) is 5.82 Å². The summed E-state index contributed by atoms with van der Waals surface area (Å²) in [6, 6.07) is 12.1. The number of carbonyl (C=O) groups excluding carboxylic acids is 1. The summed E-state index contributed by atoms with van der Waals surface area (Å²) >= 11 is 5.85. The standard InChI is InChI=1S/C26H20ClFN2O4/c1-2-34-24-18(12-19(15-29-24)16-5-3-6-17(11-16)25(32)33)14-26(9-4-10-30-26)23(31)21-8-7-20(27)13-22(21)28/h3-13,15H,2,14H2,1H3,(H,32,33). The van der Waals surface area contributed by atoms with E-state index in [4.69, 9.17) is 16.3 Å². The zero-order chi connectivity index (χ0) is 24.3. The van der Waals surface area contributed by atoms with Crippen LogP contribution in [0.5, 0.6) is 5.88 Å². The number of Topliss-reactive ketones (excluding diaryl/α,β-unsaturated/α-hetero) is 1.